The summed E-state index contributed by atoms with van der Waals surface area (Å²) in [5.74, 6) is 0.00314. The Morgan fingerprint density at radius 3 is 2.38 bits per heavy atom. The molecule has 0 aliphatic carbocycles. The quantitative estimate of drug-likeness (QED) is 0.827. The van der Waals surface area contributed by atoms with Gasteiger partial charge in [0.2, 0.25) is 0 Å². The van der Waals surface area contributed by atoms with E-state index in [1.165, 1.54) is 5.56 Å². The lowest BCUT2D eigenvalue weighted by atomic mass is 10.0. The van der Waals surface area contributed by atoms with Crippen molar-refractivity contribution in [1.29, 1.82) is 0 Å². The molecule has 1 amide bonds. The van der Waals surface area contributed by atoms with Crippen LogP contribution in [0.1, 0.15) is 32.3 Å². The van der Waals surface area contributed by atoms with E-state index in [1.807, 2.05) is 61.0 Å². The molecule has 0 N–H and O–H groups in total. The summed E-state index contributed by atoms with van der Waals surface area (Å²) in [5, 5.41) is 0. The lowest BCUT2D eigenvalue weighted by Gasteiger charge is -2.09. The van der Waals surface area contributed by atoms with Gasteiger partial charge < -0.3 is 4.57 Å². The van der Waals surface area contributed by atoms with E-state index in [0.29, 0.717) is 0 Å². The zero-order valence-electron chi connectivity index (χ0n) is 12.7. The van der Waals surface area contributed by atoms with Crippen LogP contribution in [0.3, 0.4) is 0 Å². The Morgan fingerprint density at radius 1 is 1.05 bits per heavy atom. The molecule has 0 aliphatic heterocycles. The number of amides is 1. The molecule has 110 valence electrons. The average Bonchev–Trinajstić information content (AvgIpc) is 2.51. The van der Waals surface area contributed by atoms with Gasteiger partial charge in [-0.1, -0.05) is 50.2 Å². The third-order valence-electron chi connectivity index (χ3n) is 3.67. The molecule has 1 aromatic carbocycles. The smallest absolute Gasteiger partial charge is 0.250 e. The van der Waals surface area contributed by atoms with E-state index in [-0.39, 0.29) is 11.8 Å². The standard InChI is InChI=1S/C18H22N2O/c1-3-16(4-2)18(21)19-17-12-8-9-13-20(17)14-15-10-6-5-7-11-15/h5-13,16H,3-4,14H2,1-2H3. The minimum Gasteiger partial charge on any atom is -0.328 e. The number of hydrogen-bond acceptors (Lipinski definition) is 1. The van der Waals surface area contributed by atoms with Gasteiger partial charge in [0.1, 0.15) is 5.49 Å². The van der Waals surface area contributed by atoms with Gasteiger partial charge in [0.05, 0.1) is 0 Å². The summed E-state index contributed by atoms with van der Waals surface area (Å²) in [6.45, 7) is 4.78. The summed E-state index contributed by atoms with van der Waals surface area (Å²) in [5.41, 5.74) is 1.92. The van der Waals surface area contributed by atoms with E-state index in [4.69, 9.17) is 0 Å². The number of carbonyl (C=O) groups excluding carboxylic acids is 1. The number of pyridine rings is 1. The van der Waals surface area contributed by atoms with Crippen LogP contribution >= 0.6 is 0 Å². The molecule has 0 radical (unpaired) electrons. The first-order valence-electron chi connectivity index (χ1n) is 7.52. The highest BCUT2D eigenvalue weighted by Gasteiger charge is 2.12. The fourth-order valence-corrected chi connectivity index (χ4v) is 2.32. The van der Waals surface area contributed by atoms with E-state index in [9.17, 15) is 4.79 Å². The van der Waals surface area contributed by atoms with Crippen molar-refractivity contribution in [2.45, 2.75) is 33.2 Å². The average molecular weight is 282 g/mol. The zero-order chi connectivity index (χ0) is 15.1. The third kappa shape index (κ3) is 4.15. The molecule has 3 heteroatoms. The highest BCUT2D eigenvalue weighted by Crippen LogP contribution is 2.09. The van der Waals surface area contributed by atoms with Crippen LogP contribution in [0, 0.1) is 5.92 Å². The Balaban J connectivity index is 2.30. The summed E-state index contributed by atoms with van der Waals surface area (Å²) in [4.78, 5) is 16.5. The summed E-state index contributed by atoms with van der Waals surface area (Å²) >= 11 is 0. The van der Waals surface area contributed by atoms with Crippen molar-refractivity contribution in [3.63, 3.8) is 0 Å². The van der Waals surface area contributed by atoms with Gasteiger partial charge in [0.25, 0.3) is 5.91 Å². The third-order valence-corrected chi connectivity index (χ3v) is 3.67. The number of carbonyl (C=O) groups is 1. The molecule has 0 bridgehead atoms. The Morgan fingerprint density at radius 2 is 1.71 bits per heavy atom. The van der Waals surface area contributed by atoms with E-state index in [1.54, 1.807) is 0 Å². The van der Waals surface area contributed by atoms with Crippen LogP contribution in [-0.4, -0.2) is 10.5 Å². The maximum Gasteiger partial charge on any atom is 0.250 e. The molecule has 21 heavy (non-hydrogen) atoms. The highest BCUT2D eigenvalue weighted by atomic mass is 16.1. The number of benzene rings is 1. The molecule has 0 fully saturated rings. The van der Waals surface area contributed by atoms with Crippen LogP contribution in [0.4, 0.5) is 0 Å². The van der Waals surface area contributed by atoms with Crippen LogP contribution < -0.4 is 5.49 Å². The molecular weight excluding hydrogens is 260 g/mol. The highest BCUT2D eigenvalue weighted by molar-refractivity contribution is 5.79. The van der Waals surface area contributed by atoms with Gasteiger partial charge in [0, 0.05) is 18.7 Å². The summed E-state index contributed by atoms with van der Waals surface area (Å²) in [6.07, 6.45) is 3.64. The molecule has 2 aromatic rings. The molecule has 0 atom stereocenters. The van der Waals surface area contributed by atoms with Gasteiger partial charge >= 0.3 is 0 Å². The van der Waals surface area contributed by atoms with Crippen molar-refractivity contribution in [2.75, 3.05) is 0 Å². The summed E-state index contributed by atoms with van der Waals surface area (Å²) in [7, 11) is 0. The van der Waals surface area contributed by atoms with Crippen molar-refractivity contribution in [3.8, 4) is 0 Å². The largest absolute Gasteiger partial charge is 0.328 e. The first-order chi connectivity index (χ1) is 10.2. The second-order valence-electron chi connectivity index (χ2n) is 5.14. The number of aromatic nitrogens is 1. The first kappa shape index (κ1) is 15.2. The molecule has 3 nitrogen and oxygen atoms in total. The molecule has 0 aliphatic rings. The minimum atomic E-state index is -0.0204. The maximum absolute atomic E-state index is 12.2. The van der Waals surface area contributed by atoms with Gasteiger partial charge in [-0.3, -0.25) is 4.79 Å². The molecule has 1 heterocycles. The Labute approximate surface area is 126 Å². The SMILES string of the molecule is CCC(CC)C(=O)N=c1ccccn1Cc1ccccc1. The van der Waals surface area contributed by atoms with Gasteiger partial charge in [-0.25, -0.2) is 0 Å². The van der Waals surface area contributed by atoms with Crippen LogP contribution in [0.2, 0.25) is 0 Å². The molecular formula is C18H22N2O. The van der Waals surface area contributed by atoms with Crippen molar-refractivity contribution in [1.82, 2.24) is 4.57 Å². The molecule has 2 rings (SSSR count). The van der Waals surface area contributed by atoms with Crippen LogP contribution in [0.5, 0.6) is 0 Å². The summed E-state index contributed by atoms with van der Waals surface area (Å²) < 4.78 is 2.01. The Bertz CT molecular complexity index is 640. The summed E-state index contributed by atoms with van der Waals surface area (Å²) in [6, 6.07) is 16.0. The van der Waals surface area contributed by atoms with Gasteiger partial charge in [-0.2, -0.15) is 4.99 Å². The second-order valence-corrected chi connectivity index (χ2v) is 5.14. The normalized spacial score (nSPS) is 11.9. The van der Waals surface area contributed by atoms with Crippen molar-refractivity contribution in [2.24, 2.45) is 10.9 Å². The molecule has 0 saturated carbocycles. The molecule has 0 spiro atoms. The lowest BCUT2D eigenvalue weighted by Crippen LogP contribution is -2.24. The zero-order valence-corrected chi connectivity index (χ0v) is 12.7. The molecule has 1 aromatic heterocycles. The molecule has 0 saturated heterocycles. The van der Waals surface area contributed by atoms with Crippen molar-refractivity contribution < 1.29 is 4.79 Å². The monoisotopic (exact) mass is 282 g/mol. The Kier molecular flexibility index (Phi) is 5.50. The minimum absolute atomic E-state index is 0.0204. The maximum atomic E-state index is 12.2. The van der Waals surface area contributed by atoms with Crippen LogP contribution in [0.15, 0.2) is 59.7 Å². The lowest BCUT2D eigenvalue weighted by molar-refractivity contribution is -0.122. The predicted octanol–water partition coefficient (Wildman–Crippen LogP) is 3.40. The number of nitrogens with zero attached hydrogens (tertiary/aromatic N) is 2. The van der Waals surface area contributed by atoms with Gasteiger partial charge in [-0.15, -0.1) is 0 Å². The first-order valence-corrected chi connectivity index (χ1v) is 7.52. The Hall–Kier alpha value is -2.16. The van der Waals surface area contributed by atoms with E-state index < -0.39 is 0 Å². The fraction of sp³-hybridized carbons (Fsp3) is 0.333. The van der Waals surface area contributed by atoms with Crippen LogP contribution in [0.25, 0.3) is 0 Å². The number of rotatable bonds is 5. The second kappa shape index (κ2) is 7.58. The van der Waals surface area contributed by atoms with Gasteiger partial charge in [-0.05, 0) is 30.5 Å². The number of hydrogen-bond donors (Lipinski definition) is 0. The van der Waals surface area contributed by atoms with Crippen LogP contribution in [-0.2, 0) is 11.3 Å². The molecule has 0 unspecified atom stereocenters. The van der Waals surface area contributed by atoms with Crippen molar-refractivity contribution in [3.05, 3.63) is 65.8 Å². The van der Waals surface area contributed by atoms with E-state index in [2.05, 4.69) is 17.1 Å². The topological polar surface area (TPSA) is 34.4 Å². The van der Waals surface area contributed by atoms with Crippen molar-refractivity contribution >= 4 is 5.91 Å². The van der Waals surface area contributed by atoms with Gasteiger partial charge in [0.15, 0.2) is 0 Å². The van der Waals surface area contributed by atoms with E-state index >= 15 is 0 Å². The fourth-order valence-electron chi connectivity index (χ4n) is 2.32. The predicted molar refractivity (Wildman–Crippen MR) is 84.6 cm³/mol. The van der Waals surface area contributed by atoms with E-state index in [0.717, 1.165) is 24.9 Å².